The number of thioether (sulfide) groups is 1. The molecule has 0 saturated carbocycles. The molecular weight excluding hydrogens is 422 g/mol. The van der Waals surface area contributed by atoms with E-state index in [-0.39, 0.29) is 11.7 Å². The number of carbonyl (C=O) groups is 1. The van der Waals surface area contributed by atoms with Gasteiger partial charge in [0.2, 0.25) is 11.8 Å². The van der Waals surface area contributed by atoms with E-state index in [9.17, 15) is 4.79 Å². The Balaban J connectivity index is 1.37. The highest BCUT2D eigenvalue weighted by atomic mass is 32.2. The number of hydrogen-bond acceptors (Lipinski definition) is 6. The third-order valence-electron chi connectivity index (χ3n) is 4.90. The molecule has 0 atom stereocenters. The van der Waals surface area contributed by atoms with E-state index < -0.39 is 0 Å². The summed E-state index contributed by atoms with van der Waals surface area (Å²) >= 11 is 1.19. The number of rotatable bonds is 7. The number of para-hydroxylation sites is 2. The molecule has 1 aromatic heterocycles. The van der Waals surface area contributed by atoms with E-state index in [4.69, 9.17) is 9.15 Å². The fourth-order valence-electron chi connectivity index (χ4n) is 2.96. The van der Waals surface area contributed by atoms with Gasteiger partial charge in [-0.05, 0) is 68.3 Å². The van der Waals surface area contributed by atoms with Crippen LogP contribution in [0.15, 0.2) is 76.4 Å². The largest absolute Gasteiger partial charge is 0.455 e. The van der Waals surface area contributed by atoms with E-state index in [1.807, 2.05) is 74.5 Å². The quantitative estimate of drug-likeness (QED) is 0.342. The molecule has 6 nitrogen and oxygen atoms in total. The van der Waals surface area contributed by atoms with Crippen LogP contribution >= 0.6 is 11.8 Å². The number of hydrogen-bond donors (Lipinski definition) is 1. The molecular formula is C25H23N3O3S. The number of amides is 1. The SMILES string of the molecule is Cc1ccc(Oc2ccccc2NC(=O)CSc2nnc(-c3ccc(C)c(C)c3)o2)cc1. The Morgan fingerprint density at radius 1 is 0.969 bits per heavy atom. The van der Waals surface area contributed by atoms with Crippen LogP contribution in [0.25, 0.3) is 11.5 Å². The molecule has 0 aliphatic heterocycles. The number of ether oxygens (including phenoxy) is 1. The normalized spacial score (nSPS) is 10.7. The molecule has 0 aliphatic rings. The van der Waals surface area contributed by atoms with Crippen molar-refractivity contribution in [1.82, 2.24) is 10.2 Å². The van der Waals surface area contributed by atoms with Crippen LogP contribution in [0.5, 0.6) is 11.5 Å². The van der Waals surface area contributed by atoms with Gasteiger partial charge in [-0.2, -0.15) is 0 Å². The molecule has 0 spiro atoms. The smallest absolute Gasteiger partial charge is 0.277 e. The van der Waals surface area contributed by atoms with E-state index in [1.54, 1.807) is 6.07 Å². The first-order chi connectivity index (χ1) is 15.5. The molecule has 32 heavy (non-hydrogen) atoms. The topological polar surface area (TPSA) is 77.2 Å². The molecule has 0 saturated heterocycles. The first-order valence-corrected chi connectivity index (χ1v) is 11.1. The summed E-state index contributed by atoms with van der Waals surface area (Å²) in [6, 6.07) is 21.0. The van der Waals surface area contributed by atoms with Crippen molar-refractivity contribution in [3.8, 4) is 23.0 Å². The maximum Gasteiger partial charge on any atom is 0.277 e. The molecule has 0 radical (unpaired) electrons. The summed E-state index contributed by atoms with van der Waals surface area (Å²) in [5.74, 6) is 1.66. The Bertz CT molecular complexity index is 1240. The van der Waals surface area contributed by atoms with E-state index >= 15 is 0 Å². The van der Waals surface area contributed by atoms with Crippen molar-refractivity contribution in [2.24, 2.45) is 0 Å². The molecule has 162 valence electrons. The summed E-state index contributed by atoms with van der Waals surface area (Å²) in [6.45, 7) is 6.11. The Morgan fingerprint density at radius 3 is 2.53 bits per heavy atom. The predicted octanol–water partition coefficient (Wildman–Crippen LogP) is 6.18. The van der Waals surface area contributed by atoms with Crippen LogP contribution in [0.4, 0.5) is 5.69 Å². The maximum atomic E-state index is 12.5. The molecule has 7 heteroatoms. The summed E-state index contributed by atoms with van der Waals surface area (Å²) in [5.41, 5.74) is 4.96. The van der Waals surface area contributed by atoms with Gasteiger partial charge in [-0.3, -0.25) is 4.79 Å². The van der Waals surface area contributed by atoms with Crippen molar-refractivity contribution >= 4 is 23.4 Å². The zero-order valence-electron chi connectivity index (χ0n) is 18.1. The molecule has 4 aromatic rings. The highest BCUT2D eigenvalue weighted by molar-refractivity contribution is 7.99. The number of nitrogens with one attached hydrogen (secondary N) is 1. The summed E-state index contributed by atoms with van der Waals surface area (Å²) in [6.07, 6.45) is 0. The minimum absolute atomic E-state index is 0.132. The molecule has 4 rings (SSSR count). The second-order valence-electron chi connectivity index (χ2n) is 7.42. The molecule has 0 aliphatic carbocycles. The highest BCUT2D eigenvalue weighted by Crippen LogP contribution is 2.30. The first kappa shape index (κ1) is 21.6. The van der Waals surface area contributed by atoms with Crippen molar-refractivity contribution in [1.29, 1.82) is 0 Å². The van der Waals surface area contributed by atoms with Crippen molar-refractivity contribution in [3.63, 3.8) is 0 Å². The maximum absolute atomic E-state index is 12.5. The molecule has 1 heterocycles. The summed E-state index contributed by atoms with van der Waals surface area (Å²) in [4.78, 5) is 12.5. The second-order valence-corrected chi connectivity index (χ2v) is 8.35. The van der Waals surface area contributed by atoms with Crippen LogP contribution in [0, 0.1) is 20.8 Å². The average Bonchev–Trinajstić information content (AvgIpc) is 3.26. The van der Waals surface area contributed by atoms with Crippen molar-refractivity contribution in [2.75, 3.05) is 11.1 Å². The molecule has 0 fully saturated rings. The third-order valence-corrected chi connectivity index (χ3v) is 5.72. The lowest BCUT2D eigenvalue weighted by Crippen LogP contribution is -2.14. The van der Waals surface area contributed by atoms with Crippen LogP contribution in [-0.4, -0.2) is 21.9 Å². The molecule has 1 amide bonds. The van der Waals surface area contributed by atoms with Gasteiger partial charge in [0.05, 0.1) is 11.4 Å². The summed E-state index contributed by atoms with van der Waals surface area (Å²) in [7, 11) is 0. The van der Waals surface area contributed by atoms with Crippen molar-refractivity contribution in [2.45, 2.75) is 26.0 Å². The molecule has 0 bridgehead atoms. The number of carbonyl (C=O) groups excluding carboxylic acids is 1. The Kier molecular flexibility index (Phi) is 6.56. The zero-order valence-corrected chi connectivity index (χ0v) is 18.9. The highest BCUT2D eigenvalue weighted by Gasteiger charge is 2.13. The fraction of sp³-hybridized carbons (Fsp3) is 0.160. The third kappa shape index (κ3) is 5.36. The lowest BCUT2D eigenvalue weighted by Gasteiger charge is -2.12. The van der Waals surface area contributed by atoms with Gasteiger partial charge in [0.25, 0.3) is 5.22 Å². The Labute approximate surface area is 191 Å². The fourth-order valence-corrected chi connectivity index (χ4v) is 3.53. The number of anilines is 1. The van der Waals surface area contributed by atoms with Crippen LogP contribution in [0.1, 0.15) is 16.7 Å². The Morgan fingerprint density at radius 2 is 1.75 bits per heavy atom. The molecule has 1 N–H and O–H groups in total. The van der Waals surface area contributed by atoms with Crippen LogP contribution in [0.2, 0.25) is 0 Å². The van der Waals surface area contributed by atoms with Crippen LogP contribution in [-0.2, 0) is 4.79 Å². The van der Waals surface area contributed by atoms with Crippen molar-refractivity contribution in [3.05, 3.63) is 83.4 Å². The Hall–Kier alpha value is -3.58. The minimum Gasteiger partial charge on any atom is -0.455 e. The standard InChI is InChI=1S/C25H23N3O3S/c1-16-8-12-20(13-9-16)30-22-7-5-4-6-21(22)26-23(29)15-32-25-28-27-24(31-25)19-11-10-17(2)18(3)14-19/h4-14H,15H2,1-3H3,(H,26,29). The lowest BCUT2D eigenvalue weighted by atomic mass is 10.1. The molecule has 0 unspecified atom stereocenters. The van der Waals surface area contributed by atoms with Gasteiger partial charge in [-0.15, -0.1) is 10.2 Å². The van der Waals surface area contributed by atoms with Crippen LogP contribution in [0.3, 0.4) is 0 Å². The average molecular weight is 446 g/mol. The van der Waals surface area contributed by atoms with E-state index in [0.717, 1.165) is 16.7 Å². The predicted molar refractivity (Wildman–Crippen MR) is 126 cm³/mol. The second kappa shape index (κ2) is 9.70. The lowest BCUT2D eigenvalue weighted by molar-refractivity contribution is -0.113. The number of benzene rings is 3. The minimum atomic E-state index is -0.194. The van der Waals surface area contributed by atoms with Gasteiger partial charge in [-0.1, -0.05) is 47.7 Å². The molecule has 3 aromatic carbocycles. The first-order valence-electron chi connectivity index (χ1n) is 10.2. The van der Waals surface area contributed by atoms with Gasteiger partial charge >= 0.3 is 0 Å². The van der Waals surface area contributed by atoms with Gasteiger partial charge in [0, 0.05) is 5.56 Å². The summed E-state index contributed by atoms with van der Waals surface area (Å²) < 4.78 is 11.6. The van der Waals surface area contributed by atoms with Gasteiger partial charge in [0.1, 0.15) is 5.75 Å². The number of aromatic nitrogens is 2. The summed E-state index contributed by atoms with van der Waals surface area (Å²) in [5, 5.41) is 11.4. The van der Waals surface area contributed by atoms with Gasteiger partial charge in [-0.25, -0.2) is 0 Å². The van der Waals surface area contributed by atoms with Crippen molar-refractivity contribution < 1.29 is 13.9 Å². The van der Waals surface area contributed by atoms with Gasteiger partial charge < -0.3 is 14.5 Å². The van der Waals surface area contributed by atoms with Gasteiger partial charge in [0.15, 0.2) is 5.75 Å². The number of nitrogens with zero attached hydrogens (tertiary/aromatic N) is 2. The zero-order chi connectivity index (χ0) is 22.5. The van der Waals surface area contributed by atoms with Crippen LogP contribution < -0.4 is 10.1 Å². The monoisotopic (exact) mass is 445 g/mol. The number of aryl methyl sites for hydroxylation is 3. The van der Waals surface area contributed by atoms with E-state index in [1.165, 1.54) is 17.3 Å². The van der Waals surface area contributed by atoms with E-state index in [2.05, 4.69) is 22.4 Å². The van der Waals surface area contributed by atoms with E-state index in [0.29, 0.717) is 28.3 Å².